The number of methoxy groups -OCH3 is 1. The molecule has 2 atom stereocenters. The smallest absolute Gasteiger partial charge is 0.329 e. The second kappa shape index (κ2) is 6.45. The number of carbonyl (C=O) groups is 2. The molecule has 1 aromatic carbocycles. The lowest BCUT2D eigenvalue weighted by Gasteiger charge is -2.27. The number of amides is 1. The molecule has 1 amide bonds. The second-order valence-electron chi connectivity index (χ2n) is 4.97. The lowest BCUT2D eigenvalue weighted by atomic mass is 10.1. The fourth-order valence-corrected chi connectivity index (χ4v) is 3.90. The van der Waals surface area contributed by atoms with Crippen LogP contribution in [0.25, 0.3) is 0 Å². The van der Waals surface area contributed by atoms with Crippen LogP contribution in [-0.2, 0) is 9.53 Å². The van der Waals surface area contributed by atoms with E-state index in [1.807, 2.05) is 0 Å². The highest BCUT2D eigenvalue weighted by Gasteiger charge is 2.44. The van der Waals surface area contributed by atoms with Gasteiger partial charge in [-0.3, -0.25) is 4.79 Å². The normalized spacial score (nSPS) is 20.5. The summed E-state index contributed by atoms with van der Waals surface area (Å²) in [6.07, 6.45) is 1.40. The lowest BCUT2D eigenvalue weighted by molar-refractivity contribution is -0.145. The summed E-state index contributed by atoms with van der Waals surface area (Å²) >= 11 is 1.43. The number of halogens is 1. The number of hydrogen-bond donors (Lipinski definition) is 0. The maximum absolute atomic E-state index is 13.1. The van der Waals surface area contributed by atoms with E-state index in [-0.39, 0.29) is 11.6 Å². The van der Waals surface area contributed by atoms with Crippen LogP contribution in [0.1, 0.15) is 21.5 Å². The molecule has 0 spiro atoms. The molecule has 1 fully saturated rings. The van der Waals surface area contributed by atoms with Crippen molar-refractivity contribution in [3.8, 4) is 0 Å². The lowest BCUT2D eigenvalue weighted by Crippen LogP contribution is -2.43. The Bertz CT molecular complexity index is 701. The molecule has 2 heterocycles. The number of nitrogens with zero attached hydrogens (tertiary/aromatic N) is 1. The van der Waals surface area contributed by atoms with Crippen molar-refractivity contribution in [3.63, 3.8) is 0 Å². The van der Waals surface area contributed by atoms with Crippen LogP contribution in [0.2, 0.25) is 0 Å². The van der Waals surface area contributed by atoms with Crippen molar-refractivity contribution in [2.24, 2.45) is 0 Å². The molecule has 1 aliphatic rings. The first-order valence-electron chi connectivity index (χ1n) is 6.93. The molecule has 120 valence electrons. The number of hydrogen-bond acceptors (Lipinski definition) is 5. The van der Waals surface area contributed by atoms with Crippen LogP contribution in [0, 0.1) is 5.82 Å². The minimum Gasteiger partial charge on any atom is -0.467 e. The molecule has 1 aromatic heterocycles. The summed E-state index contributed by atoms with van der Waals surface area (Å²) in [7, 11) is 1.29. The van der Waals surface area contributed by atoms with Crippen molar-refractivity contribution < 1.29 is 23.1 Å². The van der Waals surface area contributed by atoms with Crippen LogP contribution in [0.15, 0.2) is 47.1 Å². The van der Waals surface area contributed by atoms with E-state index in [0.29, 0.717) is 5.75 Å². The molecule has 7 heteroatoms. The van der Waals surface area contributed by atoms with E-state index >= 15 is 0 Å². The van der Waals surface area contributed by atoms with E-state index in [4.69, 9.17) is 9.15 Å². The van der Waals surface area contributed by atoms with Crippen LogP contribution in [0.5, 0.6) is 0 Å². The van der Waals surface area contributed by atoms with Gasteiger partial charge in [0.05, 0.1) is 13.4 Å². The molecule has 3 rings (SSSR count). The van der Waals surface area contributed by atoms with E-state index < -0.39 is 23.3 Å². The average Bonchev–Trinajstić information content (AvgIpc) is 3.24. The van der Waals surface area contributed by atoms with E-state index in [1.165, 1.54) is 42.2 Å². The third kappa shape index (κ3) is 2.96. The van der Waals surface area contributed by atoms with Gasteiger partial charge in [-0.1, -0.05) is 12.1 Å². The quantitative estimate of drug-likeness (QED) is 0.807. The number of ether oxygens (including phenoxy) is 1. The van der Waals surface area contributed by atoms with Gasteiger partial charge in [0.2, 0.25) is 0 Å². The van der Waals surface area contributed by atoms with E-state index in [0.717, 1.165) is 5.56 Å². The summed E-state index contributed by atoms with van der Waals surface area (Å²) in [5, 5.41) is -0.405. The molecule has 0 bridgehead atoms. The predicted octanol–water partition coefficient (Wildman–Crippen LogP) is 2.85. The third-order valence-corrected chi connectivity index (χ3v) is 4.92. The molecule has 1 aliphatic heterocycles. The van der Waals surface area contributed by atoms with Gasteiger partial charge < -0.3 is 14.1 Å². The molecule has 1 saturated heterocycles. The van der Waals surface area contributed by atoms with E-state index in [1.54, 1.807) is 24.3 Å². The molecule has 2 aromatic rings. The van der Waals surface area contributed by atoms with Gasteiger partial charge >= 0.3 is 5.97 Å². The Morgan fingerprint density at radius 1 is 1.30 bits per heavy atom. The Hall–Kier alpha value is -2.28. The fourth-order valence-electron chi connectivity index (χ4n) is 2.48. The van der Waals surface area contributed by atoms with Gasteiger partial charge in [0.25, 0.3) is 5.91 Å². The summed E-state index contributed by atoms with van der Waals surface area (Å²) in [4.78, 5) is 26.2. The molecule has 0 saturated carbocycles. The van der Waals surface area contributed by atoms with Gasteiger partial charge in [-0.25, -0.2) is 9.18 Å². The first-order valence-corrected chi connectivity index (χ1v) is 7.97. The standard InChI is InChI=1S/C16H14FNO4S/c1-21-16(20)12-9-23-15(10-4-6-11(17)7-5-10)18(12)14(19)13-3-2-8-22-13/h2-8,12,15H,9H2,1H3. The van der Waals surface area contributed by atoms with E-state index in [9.17, 15) is 14.0 Å². The average molecular weight is 335 g/mol. The van der Waals surface area contributed by atoms with Crippen LogP contribution in [0.4, 0.5) is 4.39 Å². The van der Waals surface area contributed by atoms with Crippen molar-refractivity contribution in [1.29, 1.82) is 0 Å². The van der Waals surface area contributed by atoms with Crippen LogP contribution < -0.4 is 0 Å². The zero-order valence-electron chi connectivity index (χ0n) is 12.3. The number of rotatable bonds is 3. The number of furan rings is 1. The minimum absolute atomic E-state index is 0.147. The molecule has 0 aliphatic carbocycles. The van der Waals surface area contributed by atoms with Gasteiger partial charge in [0.15, 0.2) is 5.76 Å². The summed E-state index contributed by atoms with van der Waals surface area (Å²) in [5.74, 6) is -0.688. The molecular formula is C16H14FNO4S. The highest BCUT2D eigenvalue weighted by molar-refractivity contribution is 7.99. The van der Waals surface area contributed by atoms with E-state index in [2.05, 4.69) is 0 Å². The molecule has 5 nitrogen and oxygen atoms in total. The van der Waals surface area contributed by atoms with Gasteiger partial charge in [0.1, 0.15) is 17.2 Å². The largest absolute Gasteiger partial charge is 0.467 e. The Morgan fingerprint density at radius 3 is 2.65 bits per heavy atom. The van der Waals surface area contributed by atoms with Gasteiger partial charge in [-0.05, 0) is 29.8 Å². The summed E-state index contributed by atoms with van der Waals surface area (Å²) in [5.41, 5.74) is 0.739. The highest BCUT2D eigenvalue weighted by atomic mass is 32.2. The van der Waals surface area contributed by atoms with Gasteiger partial charge in [-0.15, -0.1) is 11.8 Å². The molecule has 23 heavy (non-hydrogen) atoms. The maximum Gasteiger partial charge on any atom is 0.329 e. The Kier molecular flexibility index (Phi) is 4.38. The minimum atomic E-state index is -0.711. The monoisotopic (exact) mass is 335 g/mol. The van der Waals surface area contributed by atoms with Crippen LogP contribution in [-0.4, -0.2) is 35.7 Å². The van der Waals surface area contributed by atoms with Crippen molar-refractivity contribution in [2.75, 3.05) is 12.9 Å². The first kappa shape index (κ1) is 15.6. The highest BCUT2D eigenvalue weighted by Crippen LogP contribution is 2.42. The summed E-state index contributed by atoms with van der Waals surface area (Å²) in [6, 6.07) is 8.31. The second-order valence-corrected chi connectivity index (χ2v) is 6.08. The first-order chi connectivity index (χ1) is 11.1. The Morgan fingerprint density at radius 2 is 2.04 bits per heavy atom. The number of esters is 1. The molecular weight excluding hydrogens is 321 g/mol. The Labute approximate surface area is 136 Å². The van der Waals surface area contributed by atoms with Crippen molar-refractivity contribution in [3.05, 3.63) is 59.8 Å². The SMILES string of the molecule is COC(=O)C1CSC(c2ccc(F)cc2)N1C(=O)c1ccco1. The van der Waals surface area contributed by atoms with Crippen molar-refractivity contribution >= 4 is 23.6 Å². The number of benzene rings is 1. The predicted molar refractivity (Wildman–Crippen MR) is 82.3 cm³/mol. The number of thioether (sulfide) groups is 1. The molecule has 2 unspecified atom stereocenters. The number of carbonyl (C=O) groups excluding carboxylic acids is 2. The van der Waals surface area contributed by atoms with Gasteiger partial charge in [0, 0.05) is 5.75 Å². The summed E-state index contributed by atoms with van der Waals surface area (Å²) < 4.78 is 23.1. The third-order valence-electron chi connectivity index (χ3n) is 3.60. The van der Waals surface area contributed by atoms with Crippen LogP contribution >= 0.6 is 11.8 Å². The van der Waals surface area contributed by atoms with Crippen molar-refractivity contribution in [2.45, 2.75) is 11.4 Å². The van der Waals surface area contributed by atoms with Crippen LogP contribution in [0.3, 0.4) is 0 Å². The topological polar surface area (TPSA) is 59.8 Å². The zero-order chi connectivity index (χ0) is 16.4. The molecule has 0 radical (unpaired) electrons. The Balaban J connectivity index is 1.96. The molecule has 0 N–H and O–H groups in total. The maximum atomic E-state index is 13.1. The fraction of sp³-hybridized carbons (Fsp3) is 0.250. The van der Waals surface area contributed by atoms with Crippen molar-refractivity contribution in [1.82, 2.24) is 4.90 Å². The zero-order valence-corrected chi connectivity index (χ0v) is 13.1. The van der Waals surface area contributed by atoms with Gasteiger partial charge in [-0.2, -0.15) is 0 Å². The summed E-state index contributed by atoms with van der Waals surface area (Å²) in [6.45, 7) is 0.